The largest absolute Gasteiger partial charge is 0.455 e. The molecule has 118 valence electrons. The highest BCUT2D eigenvalue weighted by molar-refractivity contribution is 7.13. The number of hydrogen-bond donors (Lipinski definition) is 0. The van der Waals surface area contributed by atoms with Crippen molar-refractivity contribution in [3.8, 4) is 10.8 Å². The zero-order chi connectivity index (χ0) is 16.4. The molecule has 4 nitrogen and oxygen atoms in total. The van der Waals surface area contributed by atoms with Gasteiger partial charge in [-0.1, -0.05) is 42.5 Å². The van der Waals surface area contributed by atoms with E-state index in [0.29, 0.717) is 17.1 Å². The van der Waals surface area contributed by atoms with Crippen LogP contribution in [0.5, 0.6) is 0 Å². The van der Waals surface area contributed by atoms with Crippen LogP contribution in [0.25, 0.3) is 21.5 Å². The van der Waals surface area contributed by atoms with Gasteiger partial charge in [-0.05, 0) is 28.3 Å². The van der Waals surface area contributed by atoms with Crippen LogP contribution in [0.3, 0.4) is 0 Å². The zero-order valence-electron chi connectivity index (χ0n) is 12.6. The van der Waals surface area contributed by atoms with Crippen molar-refractivity contribution in [1.29, 1.82) is 0 Å². The lowest BCUT2D eigenvalue weighted by Gasteiger charge is -2.06. The minimum Gasteiger partial charge on any atom is -0.455 e. The molecule has 2 aromatic carbocycles. The first kappa shape index (κ1) is 14.7. The van der Waals surface area contributed by atoms with Gasteiger partial charge in [-0.15, -0.1) is 11.3 Å². The van der Waals surface area contributed by atoms with Crippen molar-refractivity contribution in [1.82, 2.24) is 4.98 Å². The Hall–Kier alpha value is -2.92. The van der Waals surface area contributed by atoms with Crippen molar-refractivity contribution in [2.24, 2.45) is 0 Å². The van der Waals surface area contributed by atoms with Gasteiger partial charge in [0.2, 0.25) is 5.89 Å². The Morgan fingerprint density at radius 2 is 1.96 bits per heavy atom. The predicted octanol–water partition coefficient (Wildman–Crippen LogP) is 4.91. The van der Waals surface area contributed by atoms with E-state index in [-0.39, 0.29) is 12.6 Å². The first-order valence-corrected chi connectivity index (χ1v) is 8.32. The first-order chi connectivity index (χ1) is 11.8. The Kier molecular flexibility index (Phi) is 3.84. The van der Waals surface area contributed by atoms with Gasteiger partial charge in [0.05, 0.1) is 10.4 Å². The molecule has 0 spiro atoms. The summed E-state index contributed by atoms with van der Waals surface area (Å²) >= 11 is 1.55. The van der Waals surface area contributed by atoms with Gasteiger partial charge in [-0.25, -0.2) is 9.78 Å². The Labute approximate surface area is 142 Å². The molecule has 0 amide bonds. The summed E-state index contributed by atoms with van der Waals surface area (Å²) in [7, 11) is 0. The molecule has 5 heteroatoms. The number of thiophene rings is 1. The topological polar surface area (TPSA) is 52.3 Å². The van der Waals surface area contributed by atoms with Crippen LogP contribution in [0, 0.1) is 0 Å². The highest BCUT2D eigenvalue weighted by atomic mass is 32.1. The van der Waals surface area contributed by atoms with E-state index < -0.39 is 0 Å². The molecule has 4 rings (SSSR count). The summed E-state index contributed by atoms with van der Waals surface area (Å²) in [6.07, 6.45) is 1.52. The van der Waals surface area contributed by atoms with E-state index in [4.69, 9.17) is 9.15 Å². The summed E-state index contributed by atoms with van der Waals surface area (Å²) in [6.45, 7) is 0.0803. The standard InChI is InChI=1S/C19H13NO3S/c21-19(16-8-3-6-13-5-1-2-7-15(13)16)23-12-14-11-22-18(20-14)17-9-4-10-24-17/h1-11H,12H2. The Bertz CT molecular complexity index is 983. The molecule has 24 heavy (non-hydrogen) atoms. The molecule has 4 aromatic rings. The monoisotopic (exact) mass is 335 g/mol. The van der Waals surface area contributed by atoms with E-state index in [1.54, 1.807) is 17.4 Å². The Balaban J connectivity index is 1.50. The fourth-order valence-corrected chi connectivity index (χ4v) is 3.16. The van der Waals surface area contributed by atoms with Crippen LogP contribution in [-0.2, 0) is 11.3 Å². The van der Waals surface area contributed by atoms with Crippen LogP contribution in [-0.4, -0.2) is 11.0 Å². The van der Waals surface area contributed by atoms with Crippen LogP contribution in [0.2, 0.25) is 0 Å². The van der Waals surface area contributed by atoms with E-state index >= 15 is 0 Å². The molecule has 0 aliphatic rings. The second-order valence-electron chi connectivity index (χ2n) is 5.22. The van der Waals surface area contributed by atoms with Crippen LogP contribution in [0.15, 0.2) is 70.7 Å². The normalized spacial score (nSPS) is 10.8. The third-order valence-corrected chi connectivity index (χ3v) is 4.50. The van der Waals surface area contributed by atoms with Crippen LogP contribution in [0.1, 0.15) is 16.1 Å². The quantitative estimate of drug-likeness (QED) is 0.497. The smallest absolute Gasteiger partial charge is 0.339 e. The third-order valence-electron chi connectivity index (χ3n) is 3.64. The van der Waals surface area contributed by atoms with Crippen molar-refractivity contribution in [2.45, 2.75) is 6.61 Å². The number of nitrogens with zero attached hydrogens (tertiary/aromatic N) is 1. The highest BCUT2D eigenvalue weighted by Gasteiger charge is 2.13. The molecule has 0 aliphatic heterocycles. The maximum absolute atomic E-state index is 12.4. The average molecular weight is 335 g/mol. The molecule has 0 saturated heterocycles. The number of hydrogen-bond acceptors (Lipinski definition) is 5. The number of rotatable bonds is 4. The third kappa shape index (κ3) is 2.81. The zero-order valence-corrected chi connectivity index (χ0v) is 13.5. The minimum atomic E-state index is -0.368. The molecule has 0 saturated carbocycles. The summed E-state index contributed by atoms with van der Waals surface area (Å²) in [5.74, 6) is 0.175. The Morgan fingerprint density at radius 1 is 1.08 bits per heavy atom. The van der Waals surface area contributed by atoms with E-state index in [2.05, 4.69) is 4.98 Å². The fourth-order valence-electron chi connectivity index (χ4n) is 2.51. The molecule has 2 aromatic heterocycles. The lowest BCUT2D eigenvalue weighted by atomic mass is 10.1. The number of ether oxygens (including phenoxy) is 1. The fraction of sp³-hybridized carbons (Fsp3) is 0.0526. The van der Waals surface area contributed by atoms with Gasteiger partial charge in [-0.2, -0.15) is 0 Å². The van der Waals surface area contributed by atoms with Gasteiger partial charge in [0.1, 0.15) is 18.6 Å². The maximum Gasteiger partial charge on any atom is 0.339 e. The van der Waals surface area contributed by atoms with Crippen molar-refractivity contribution in [3.05, 3.63) is 77.5 Å². The molecule has 0 atom stereocenters. The molecular weight excluding hydrogens is 322 g/mol. The van der Waals surface area contributed by atoms with Gasteiger partial charge in [-0.3, -0.25) is 0 Å². The van der Waals surface area contributed by atoms with E-state index in [1.165, 1.54) is 6.26 Å². The molecule has 0 bridgehead atoms. The summed E-state index contributed by atoms with van der Waals surface area (Å²) in [5, 5.41) is 3.84. The SMILES string of the molecule is O=C(OCc1coc(-c2cccs2)n1)c1cccc2ccccc12. The molecule has 2 heterocycles. The number of fused-ring (bicyclic) bond motifs is 1. The molecule has 0 unspecified atom stereocenters. The summed E-state index contributed by atoms with van der Waals surface area (Å²) < 4.78 is 10.8. The summed E-state index contributed by atoms with van der Waals surface area (Å²) in [5.41, 5.74) is 1.14. The summed E-state index contributed by atoms with van der Waals surface area (Å²) in [4.78, 5) is 17.7. The lowest BCUT2D eigenvalue weighted by molar-refractivity contribution is 0.0470. The summed E-state index contributed by atoms with van der Waals surface area (Å²) in [6, 6.07) is 17.2. The number of benzene rings is 2. The Morgan fingerprint density at radius 3 is 2.83 bits per heavy atom. The number of aromatic nitrogens is 1. The highest BCUT2D eigenvalue weighted by Crippen LogP contribution is 2.24. The van der Waals surface area contributed by atoms with Crippen molar-refractivity contribution in [3.63, 3.8) is 0 Å². The number of esters is 1. The van der Waals surface area contributed by atoms with Crippen LogP contribution >= 0.6 is 11.3 Å². The second-order valence-corrected chi connectivity index (χ2v) is 6.17. The molecular formula is C19H13NO3S. The molecule has 0 aliphatic carbocycles. The van der Waals surface area contributed by atoms with E-state index in [1.807, 2.05) is 53.9 Å². The average Bonchev–Trinajstić information content (AvgIpc) is 3.30. The van der Waals surface area contributed by atoms with Crippen molar-refractivity contribution < 1.29 is 13.9 Å². The molecule has 0 N–H and O–H groups in total. The van der Waals surface area contributed by atoms with Crippen molar-refractivity contribution in [2.75, 3.05) is 0 Å². The maximum atomic E-state index is 12.4. The van der Waals surface area contributed by atoms with E-state index in [9.17, 15) is 4.79 Å². The molecule has 0 radical (unpaired) electrons. The van der Waals surface area contributed by atoms with E-state index in [0.717, 1.165) is 15.6 Å². The second kappa shape index (κ2) is 6.29. The minimum absolute atomic E-state index is 0.0803. The number of oxazole rings is 1. The predicted molar refractivity (Wildman–Crippen MR) is 92.9 cm³/mol. The van der Waals surface area contributed by atoms with Gasteiger partial charge in [0, 0.05) is 0 Å². The number of carbonyl (C=O) groups is 1. The van der Waals surface area contributed by atoms with Gasteiger partial charge in [0.25, 0.3) is 0 Å². The van der Waals surface area contributed by atoms with Gasteiger partial charge < -0.3 is 9.15 Å². The first-order valence-electron chi connectivity index (χ1n) is 7.44. The lowest BCUT2D eigenvalue weighted by Crippen LogP contribution is -2.06. The molecule has 0 fully saturated rings. The van der Waals surface area contributed by atoms with Crippen molar-refractivity contribution >= 4 is 28.1 Å². The van der Waals surface area contributed by atoms with Gasteiger partial charge >= 0.3 is 5.97 Å². The van der Waals surface area contributed by atoms with Crippen LogP contribution in [0.4, 0.5) is 0 Å². The van der Waals surface area contributed by atoms with Crippen LogP contribution < -0.4 is 0 Å². The van der Waals surface area contributed by atoms with Gasteiger partial charge in [0.15, 0.2) is 0 Å². The number of carbonyl (C=O) groups excluding carboxylic acids is 1.